The molecule has 0 aliphatic rings. The van der Waals surface area contributed by atoms with E-state index >= 15 is 0 Å². The Balaban J connectivity index is 2.23. The Morgan fingerprint density at radius 3 is 2.75 bits per heavy atom. The molecule has 4 heteroatoms. The second kappa shape index (κ2) is 6.98. The lowest BCUT2D eigenvalue weighted by molar-refractivity contribution is -0.136. The Bertz CT molecular complexity index is 314. The molecule has 1 atom stereocenters. The van der Waals surface area contributed by atoms with Gasteiger partial charge in [0.1, 0.15) is 0 Å². The molecule has 0 unspecified atom stereocenters. The quantitative estimate of drug-likeness (QED) is 0.714. The van der Waals surface area contributed by atoms with Gasteiger partial charge < -0.3 is 5.73 Å². The molecule has 0 spiro atoms. The molecule has 0 saturated heterocycles. The number of hydroxylamine groups is 1. The summed E-state index contributed by atoms with van der Waals surface area (Å²) in [6.07, 6.45) is 1.55. The fourth-order valence-electron chi connectivity index (χ4n) is 1.28. The lowest BCUT2D eigenvalue weighted by Gasteiger charge is -2.10. The third-order valence-corrected chi connectivity index (χ3v) is 2.19. The molecular formula is C12H18N2O2. The lowest BCUT2D eigenvalue weighted by Crippen LogP contribution is -2.40. The van der Waals surface area contributed by atoms with Crippen molar-refractivity contribution >= 4 is 5.91 Å². The van der Waals surface area contributed by atoms with Gasteiger partial charge in [-0.2, -0.15) is 0 Å². The summed E-state index contributed by atoms with van der Waals surface area (Å²) < 4.78 is 0. The molecule has 0 aliphatic carbocycles. The van der Waals surface area contributed by atoms with Crippen LogP contribution in [0.3, 0.4) is 0 Å². The van der Waals surface area contributed by atoms with Crippen molar-refractivity contribution in [3.63, 3.8) is 0 Å². The topological polar surface area (TPSA) is 64.4 Å². The highest BCUT2D eigenvalue weighted by Gasteiger charge is 2.11. The zero-order chi connectivity index (χ0) is 11.8. The van der Waals surface area contributed by atoms with Crippen LogP contribution in [0.15, 0.2) is 30.3 Å². The maximum atomic E-state index is 11.4. The molecule has 1 amide bonds. The van der Waals surface area contributed by atoms with Crippen LogP contribution in [0.2, 0.25) is 0 Å². The first-order valence-electron chi connectivity index (χ1n) is 5.45. The van der Waals surface area contributed by atoms with E-state index in [4.69, 9.17) is 10.6 Å². The second-order valence-corrected chi connectivity index (χ2v) is 3.64. The molecule has 0 bridgehead atoms. The Labute approximate surface area is 95.7 Å². The standard InChI is InChI=1S/C12H18N2O2/c1-2-6-11(13)12(15)14-16-9-10-7-4-3-5-8-10/h3-5,7-8,11H,2,6,9,13H2,1H3,(H,14,15)/t11-/m0/s1. The highest BCUT2D eigenvalue weighted by Crippen LogP contribution is 1.99. The molecule has 0 fully saturated rings. The Kier molecular flexibility index (Phi) is 5.53. The number of hydrogen-bond acceptors (Lipinski definition) is 3. The number of carbonyl (C=O) groups is 1. The summed E-state index contributed by atoms with van der Waals surface area (Å²) in [4.78, 5) is 16.4. The van der Waals surface area contributed by atoms with Crippen LogP contribution in [-0.2, 0) is 16.2 Å². The van der Waals surface area contributed by atoms with E-state index in [0.29, 0.717) is 13.0 Å². The number of benzene rings is 1. The number of rotatable bonds is 6. The predicted molar refractivity (Wildman–Crippen MR) is 62.3 cm³/mol. The first-order chi connectivity index (χ1) is 7.74. The number of carbonyl (C=O) groups excluding carboxylic acids is 1. The van der Waals surface area contributed by atoms with Crippen molar-refractivity contribution in [3.8, 4) is 0 Å². The molecule has 4 nitrogen and oxygen atoms in total. The van der Waals surface area contributed by atoms with Gasteiger partial charge in [0.05, 0.1) is 12.6 Å². The van der Waals surface area contributed by atoms with Gasteiger partial charge in [-0.25, -0.2) is 5.48 Å². The van der Waals surface area contributed by atoms with Gasteiger partial charge in [-0.15, -0.1) is 0 Å². The summed E-state index contributed by atoms with van der Waals surface area (Å²) in [7, 11) is 0. The molecule has 0 aromatic heterocycles. The number of nitrogens with one attached hydrogen (secondary N) is 1. The highest BCUT2D eigenvalue weighted by atomic mass is 16.6. The van der Waals surface area contributed by atoms with Crippen molar-refractivity contribution in [1.82, 2.24) is 5.48 Å². The Hall–Kier alpha value is -1.39. The van der Waals surface area contributed by atoms with Gasteiger partial charge in [0.2, 0.25) is 0 Å². The van der Waals surface area contributed by atoms with E-state index in [-0.39, 0.29) is 5.91 Å². The third kappa shape index (κ3) is 4.42. The Morgan fingerprint density at radius 2 is 2.12 bits per heavy atom. The predicted octanol–water partition coefficient (Wildman–Crippen LogP) is 1.36. The fraction of sp³-hybridized carbons (Fsp3) is 0.417. The van der Waals surface area contributed by atoms with Gasteiger partial charge in [0.15, 0.2) is 0 Å². The molecule has 16 heavy (non-hydrogen) atoms. The molecule has 0 aliphatic heterocycles. The molecule has 0 saturated carbocycles. The summed E-state index contributed by atoms with van der Waals surface area (Å²) >= 11 is 0. The van der Waals surface area contributed by atoms with Crippen molar-refractivity contribution in [2.24, 2.45) is 5.73 Å². The van der Waals surface area contributed by atoms with E-state index in [1.165, 1.54) is 0 Å². The van der Waals surface area contributed by atoms with E-state index in [9.17, 15) is 4.79 Å². The van der Waals surface area contributed by atoms with E-state index in [1.807, 2.05) is 37.3 Å². The number of amides is 1. The average Bonchev–Trinajstić information content (AvgIpc) is 2.30. The van der Waals surface area contributed by atoms with Gasteiger partial charge in [-0.3, -0.25) is 9.63 Å². The maximum absolute atomic E-state index is 11.4. The molecule has 88 valence electrons. The fourth-order valence-corrected chi connectivity index (χ4v) is 1.28. The van der Waals surface area contributed by atoms with Crippen molar-refractivity contribution in [1.29, 1.82) is 0 Å². The van der Waals surface area contributed by atoms with Gasteiger partial charge in [-0.05, 0) is 12.0 Å². The van der Waals surface area contributed by atoms with E-state index in [1.54, 1.807) is 0 Å². The summed E-state index contributed by atoms with van der Waals surface area (Å²) in [6, 6.07) is 9.14. The third-order valence-electron chi connectivity index (χ3n) is 2.19. The molecule has 3 N–H and O–H groups in total. The van der Waals surface area contributed by atoms with Gasteiger partial charge in [0.25, 0.3) is 5.91 Å². The van der Waals surface area contributed by atoms with Crippen LogP contribution in [0.1, 0.15) is 25.3 Å². The summed E-state index contributed by atoms with van der Waals surface area (Å²) in [5.74, 6) is -0.266. The van der Waals surface area contributed by atoms with Crippen LogP contribution >= 0.6 is 0 Å². The van der Waals surface area contributed by atoms with Crippen molar-refractivity contribution in [3.05, 3.63) is 35.9 Å². The van der Waals surface area contributed by atoms with Crippen LogP contribution in [0.25, 0.3) is 0 Å². The number of nitrogens with two attached hydrogens (primary N) is 1. The summed E-state index contributed by atoms with van der Waals surface area (Å²) in [6.45, 7) is 2.34. The molecule has 1 aromatic rings. The minimum absolute atomic E-state index is 0.266. The van der Waals surface area contributed by atoms with Crippen LogP contribution in [0.4, 0.5) is 0 Å². The van der Waals surface area contributed by atoms with E-state index in [2.05, 4.69) is 5.48 Å². The van der Waals surface area contributed by atoms with E-state index < -0.39 is 6.04 Å². The van der Waals surface area contributed by atoms with Crippen LogP contribution in [-0.4, -0.2) is 11.9 Å². The lowest BCUT2D eigenvalue weighted by atomic mass is 10.2. The monoisotopic (exact) mass is 222 g/mol. The van der Waals surface area contributed by atoms with Crippen LogP contribution in [0, 0.1) is 0 Å². The maximum Gasteiger partial charge on any atom is 0.260 e. The average molecular weight is 222 g/mol. The minimum atomic E-state index is -0.485. The van der Waals surface area contributed by atoms with Crippen molar-refractivity contribution in [2.75, 3.05) is 0 Å². The largest absolute Gasteiger partial charge is 0.320 e. The van der Waals surface area contributed by atoms with Crippen LogP contribution < -0.4 is 11.2 Å². The zero-order valence-electron chi connectivity index (χ0n) is 9.48. The molecular weight excluding hydrogens is 204 g/mol. The van der Waals surface area contributed by atoms with Crippen LogP contribution in [0.5, 0.6) is 0 Å². The smallest absolute Gasteiger partial charge is 0.260 e. The first kappa shape index (κ1) is 12.7. The van der Waals surface area contributed by atoms with Crippen molar-refractivity contribution in [2.45, 2.75) is 32.4 Å². The zero-order valence-corrected chi connectivity index (χ0v) is 9.48. The Morgan fingerprint density at radius 1 is 1.44 bits per heavy atom. The molecule has 0 radical (unpaired) electrons. The summed E-state index contributed by atoms with van der Waals surface area (Å²) in [5, 5.41) is 0. The summed E-state index contributed by atoms with van der Waals surface area (Å²) in [5.41, 5.74) is 8.97. The van der Waals surface area contributed by atoms with Gasteiger partial charge in [0, 0.05) is 0 Å². The van der Waals surface area contributed by atoms with Gasteiger partial charge in [-0.1, -0.05) is 43.7 Å². The van der Waals surface area contributed by atoms with Gasteiger partial charge >= 0.3 is 0 Å². The second-order valence-electron chi connectivity index (χ2n) is 3.64. The first-order valence-corrected chi connectivity index (χ1v) is 5.45. The molecule has 1 aromatic carbocycles. The van der Waals surface area contributed by atoms with E-state index in [0.717, 1.165) is 12.0 Å². The SMILES string of the molecule is CCC[C@H](N)C(=O)NOCc1ccccc1. The highest BCUT2D eigenvalue weighted by molar-refractivity contribution is 5.80. The number of hydrogen-bond donors (Lipinski definition) is 2. The normalized spacial score (nSPS) is 12.1. The van der Waals surface area contributed by atoms with Crippen molar-refractivity contribution < 1.29 is 9.63 Å². The molecule has 0 heterocycles. The molecule has 1 rings (SSSR count). The minimum Gasteiger partial charge on any atom is -0.320 e.